The number of carbonyl (C=O) groups is 2. The van der Waals surface area contributed by atoms with Crippen molar-refractivity contribution < 1.29 is 14.3 Å². The first-order valence-corrected chi connectivity index (χ1v) is 10.5. The number of methoxy groups -OCH3 is 1. The minimum atomic E-state index is -0.654. The monoisotopic (exact) mass is 429 g/mol. The molecule has 0 N–H and O–H groups in total. The van der Waals surface area contributed by atoms with E-state index in [0.717, 1.165) is 21.8 Å². The van der Waals surface area contributed by atoms with Gasteiger partial charge in [-0.1, -0.05) is 29.8 Å². The van der Waals surface area contributed by atoms with Gasteiger partial charge in [-0.25, -0.2) is 9.78 Å². The average molecular weight is 430 g/mol. The van der Waals surface area contributed by atoms with Crippen molar-refractivity contribution >= 4 is 34.8 Å². The molecule has 0 saturated heterocycles. The molecular weight excluding hydrogens is 410 g/mol. The van der Waals surface area contributed by atoms with E-state index in [9.17, 15) is 9.59 Å². The molecule has 29 heavy (non-hydrogen) atoms. The summed E-state index contributed by atoms with van der Waals surface area (Å²) in [6.45, 7) is 0.947. The van der Waals surface area contributed by atoms with Crippen LogP contribution < -0.4 is 0 Å². The first kappa shape index (κ1) is 19.7. The zero-order chi connectivity index (χ0) is 20.4. The van der Waals surface area contributed by atoms with Gasteiger partial charge in [0.2, 0.25) is 5.91 Å². The predicted molar refractivity (Wildman–Crippen MR) is 111 cm³/mol. The number of benzene rings is 1. The molecule has 1 aliphatic heterocycles. The zero-order valence-corrected chi connectivity index (χ0v) is 17.4. The highest BCUT2D eigenvalue weighted by molar-refractivity contribution is 7.10. The summed E-state index contributed by atoms with van der Waals surface area (Å²) in [5.74, 6) is -0.504. The zero-order valence-electron chi connectivity index (χ0n) is 15.9. The molecule has 150 valence electrons. The van der Waals surface area contributed by atoms with E-state index in [1.807, 2.05) is 46.3 Å². The fourth-order valence-electron chi connectivity index (χ4n) is 3.56. The Morgan fingerprint density at radius 1 is 1.28 bits per heavy atom. The fraction of sp³-hybridized carbons (Fsp3) is 0.286. The van der Waals surface area contributed by atoms with Gasteiger partial charge in [-0.2, -0.15) is 0 Å². The topological polar surface area (TPSA) is 64.4 Å². The standard InChI is InChI=1S/C21H20ClN3O3S/c1-28-21(27)18-10-17-19(12-25(18)20(26)9-16-3-2-8-29-16)24(13-23-17)11-14-4-6-15(22)7-5-14/h2-8,13,18H,9-12H2,1H3. The van der Waals surface area contributed by atoms with Crippen molar-refractivity contribution in [3.05, 3.63) is 75.0 Å². The van der Waals surface area contributed by atoms with Crippen LogP contribution >= 0.6 is 22.9 Å². The smallest absolute Gasteiger partial charge is 0.329 e. The lowest BCUT2D eigenvalue weighted by molar-refractivity contribution is -0.153. The van der Waals surface area contributed by atoms with E-state index >= 15 is 0 Å². The Kier molecular flexibility index (Phi) is 5.69. The van der Waals surface area contributed by atoms with Crippen molar-refractivity contribution in [3.63, 3.8) is 0 Å². The van der Waals surface area contributed by atoms with Gasteiger partial charge in [0.25, 0.3) is 0 Å². The van der Waals surface area contributed by atoms with E-state index in [-0.39, 0.29) is 12.3 Å². The highest BCUT2D eigenvalue weighted by Gasteiger charge is 2.37. The van der Waals surface area contributed by atoms with Crippen LogP contribution in [0.1, 0.15) is 21.8 Å². The Hall–Kier alpha value is -2.64. The number of rotatable bonds is 5. The van der Waals surface area contributed by atoms with E-state index in [1.54, 1.807) is 11.2 Å². The number of hydrogen-bond acceptors (Lipinski definition) is 5. The Morgan fingerprint density at radius 3 is 2.76 bits per heavy atom. The number of esters is 1. The van der Waals surface area contributed by atoms with Crippen molar-refractivity contribution in [3.8, 4) is 0 Å². The van der Waals surface area contributed by atoms with Gasteiger partial charge < -0.3 is 14.2 Å². The number of nitrogens with zero attached hydrogens (tertiary/aromatic N) is 3. The number of hydrogen-bond donors (Lipinski definition) is 0. The molecule has 2 aromatic heterocycles. The number of aromatic nitrogens is 2. The lowest BCUT2D eigenvalue weighted by atomic mass is 10.0. The van der Waals surface area contributed by atoms with Crippen LogP contribution in [0.2, 0.25) is 5.02 Å². The molecule has 1 aromatic carbocycles. The van der Waals surface area contributed by atoms with Gasteiger partial charge in [0.15, 0.2) is 0 Å². The second-order valence-corrected chi connectivity index (χ2v) is 8.38. The van der Waals surface area contributed by atoms with Crippen LogP contribution in [0.5, 0.6) is 0 Å². The van der Waals surface area contributed by atoms with Crippen LogP contribution in [0.15, 0.2) is 48.1 Å². The van der Waals surface area contributed by atoms with E-state index in [0.29, 0.717) is 24.5 Å². The summed E-state index contributed by atoms with van der Waals surface area (Å²) < 4.78 is 6.98. The molecule has 6 nitrogen and oxygen atoms in total. The number of imidazole rings is 1. The molecule has 0 radical (unpaired) electrons. The van der Waals surface area contributed by atoms with Gasteiger partial charge in [0, 0.05) is 22.9 Å². The molecule has 1 unspecified atom stereocenters. The van der Waals surface area contributed by atoms with E-state index in [4.69, 9.17) is 16.3 Å². The third-order valence-corrected chi connectivity index (χ3v) is 6.21. The number of thiophene rings is 1. The minimum absolute atomic E-state index is 0.0901. The first-order chi connectivity index (χ1) is 14.0. The number of amides is 1. The number of fused-ring (bicyclic) bond motifs is 1. The molecule has 3 aromatic rings. The predicted octanol–water partition coefficient (Wildman–Crippen LogP) is 3.32. The molecule has 3 heterocycles. The molecule has 1 atom stereocenters. The Labute approximate surface area is 177 Å². The lowest BCUT2D eigenvalue weighted by Gasteiger charge is -2.34. The maximum absolute atomic E-state index is 13.0. The van der Waals surface area contributed by atoms with Crippen LogP contribution in [-0.4, -0.2) is 39.5 Å². The molecule has 8 heteroatoms. The molecule has 4 rings (SSSR count). The molecule has 0 aliphatic carbocycles. The molecule has 0 fully saturated rings. The van der Waals surface area contributed by atoms with Crippen molar-refractivity contribution in [1.82, 2.24) is 14.5 Å². The third-order valence-electron chi connectivity index (χ3n) is 5.08. The average Bonchev–Trinajstić information content (AvgIpc) is 3.38. The maximum atomic E-state index is 13.0. The summed E-state index contributed by atoms with van der Waals surface area (Å²) >= 11 is 7.51. The van der Waals surface area contributed by atoms with E-state index in [2.05, 4.69) is 4.98 Å². The molecule has 1 amide bonds. The number of carbonyl (C=O) groups excluding carboxylic acids is 2. The van der Waals surface area contributed by atoms with Gasteiger partial charge in [-0.05, 0) is 29.1 Å². The normalized spacial score (nSPS) is 15.8. The van der Waals surface area contributed by atoms with E-state index < -0.39 is 12.0 Å². The van der Waals surface area contributed by atoms with Crippen LogP contribution in [0.3, 0.4) is 0 Å². The Bertz CT molecular complexity index is 1010. The minimum Gasteiger partial charge on any atom is -0.467 e. The van der Waals surface area contributed by atoms with Crippen LogP contribution in [0, 0.1) is 0 Å². The first-order valence-electron chi connectivity index (χ1n) is 9.22. The van der Waals surface area contributed by atoms with Gasteiger partial charge >= 0.3 is 5.97 Å². The number of ether oxygens (including phenoxy) is 1. The quantitative estimate of drug-likeness (QED) is 0.583. The molecule has 0 saturated carbocycles. The van der Waals surface area contributed by atoms with Crippen molar-refractivity contribution in [1.29, 1.82) is 0 Å². The summed E-state index contributed by atoms with van der Waals surface area (Å²) in [5, 5.41) is 2.63. The third kappa shape index (κ3) is 4.21. The van der Waals surface area contributed by atoms with Crippen molar-refractivity contribution in [2.45, 2.75) is 32.0 Å². The Balaban J connectivity index is 1.60. The molecule has 0 bridgehead atoms. The number of halogens is 1. The second kappa shape index (κ2) is 8.39. The SMILES string of the molecule is COC(=O)C1Cc2ncn(Cc3ccc(Cl)cc3)c2CN1C(=O)Cc1cccs1. The summed E-state index contributed by atoms with van der Waals surface area (Å²) in [6.07, 6.45) is 2.39. The van der Waals surface area contributed by atoms with Gasteiger partial charge in [-0.15, -0.1) is 11.3 Å². The van der Waals surface area contributed by atoms with Crippen LogP contribution in [0.25, 0.3) is 0 Å². The summed E-state index contributed by atoms with van der Waals surface area (Å²) in [7, 11) is 1.35. The largest absolute Gasteiger partial charge is 0.467 e. The maximum Gasteiger partial charge on any atom is 0.329 e. The van der Waals surface area contributed by atoms with Crippen LogP contribution in [0.4, 0.5) is 0 Å². The Morgan fingerprint density at radius 2 is 2.07 bits per heavy atom. The van der Waals surface area contributed by atoms with Crippen molar-refractivity contribution in [2.24, 2.45) is 0 Å². The highest BCUT2D eigenvalue weighted by atomic mass is 35.5. The van der Waals surface area contributed by atoms with Crippen LogP contribution in [-0.2, 0) is 40.3 Å². The van der Waals surface area contributed by atoms with E-state index in [1.165, 1.54) is 18.4 Å². The fourth-order valence-corrected chi connectivity index (χ4v) is 4.38. The van der Waals surface area contributed by atoms with Gasteiger partial charge in [0.1, 0.15) is 6.04 Å². The lowest BCUT2D eigenvalue weighted by Crippen LogP contribution is -2.50. The second-order valence-electron chi connectivity index (χ2n) is 6.91. The van der Waals surface area contributed by atoms with Gasteiger partial charge in [0.05, 0.1) is 37.8 Å². The highest BCUT2D eigenvalue weighted by Crippen LogP contribution is 2.26. The molecular formula is C21H20ClN3O3S. The summed E-state index contributed by atoms with van der Waals surface area (Å²) in [6, 6.07) is 10.8. The summed E-state index contributed by atoms with van der Waals surface area (Å²) in [5.41, 5.74) is 2.86. The van der Waals surface area contributed by atoms with Crippen molar-refractivity contribution in [2.75, 3.05) is 7.11 Å². The molecule has 0 spiro atoms. The summed E-state index contributed by atoms with van der Waals surface area (Å²) in [4.78, 5) is 32.5. The van der Waals surface area contributed by atoms with Gasteiger partial charge in [-0.3, -0.25) is 4.79 Å². The molecule has 1 aliphatic rings.